The monoisotopic (exact) mass is 277 g/mol. The highest BCUT2D eigenvalue weighted by Crippen LogP contribution is 2.18. The fourth-order valence-corrected chi connectivity index (χ4v) is 1.95. The second kappa shape index (κ2) is 5.43. The first-order chi connectivity index (χ1) is 10.3. The number of hydrogen-bond acceptors (Lipinski definition) is 5. The molecule has 0 saturated heterocycles. The van der Waals surface area contributed by atoms with Crippen LogP contribution in [0.3, 0.4) is 0 Å². The molecule has 0 unspecified atom stereocenters. The Morgan fingerprint density at radius 1 is 1.29 bits per heavy atom. The summed E-state index contributed by atoms with van der Waals surface area (Å²) < 4.78 is 6.61. The summed E-state index contributed by atoms with van der Waals surface area (Å²) in [5.74, 6) is 0.767. The maximum Gasteiger partial charge on any atom is 0.145 e. The van der Waals surface area contributed by atoms with Crippen LogP contribution in [-0.2, 0) is 0 Å². The molecule has 0 bridgehead atoms. The molecule has 6 heteroatoms. The fourth-order valence-electron chi connectivity index (χ4n) is 1.95. The van der Waals surface area contributed by atoms with Gasteiger partial charge in [-0.25, -0.2) is 4.68 Å². The van der Waals surface area contributed by atoms with Gasteiger partial charge in [0.25, 0.3) is 0 Å². The van der Waals surface area contributed by atoms with Gasteiger partial charge >= 0.3 is 0 Å². The molecule has 0 fully saturated rings. The van der Waals surface area contributed by atoms with Crippen LogP contribution in [0.25, 0.3) is 22.8 Å². The normalized spacial score (nSPS) is 11.3. The Morgan fingerprint density at radius 3 is 2.81 bits per heavy atom. The molecule has 21 heavy (non-hydrogen) atoms. The van der Waals surface area contributed by atoms with Gasteiger partial charge in [0, 0.05) is 6.20 Å². The molecule has 0 aliphatic rings. The summed E-state index contributed by atoms with van der Waals surface area (Å²) in [6.45, 7) is 0. The van der Waals surface area contributed by atoms with Gasteiger partial charge in [0.15, 0.2) is 0 Å². The second-order valence-corrected chi connectivity index (χ2v) is 4.28. The van der Waals surface area contributed by atoms with E-state index in [1.807, 2.05) is 24.3 Å². The third kappa shape index (κ3) is 2.44. The van der Waals surface area contributed by atoms with E-state index in [-0.39, 0.29) is 0 Å². The number of rotatable bonds is 3. The van der Waals surface area contributed by atoms with E-state index in [4.69, 9.17) is 4.74 Å². The van der Waals surface area contributed by atoms with Crippen molar-refractivity contribution in [2.24, 2.45) is 0 Å². The highest BCUT2D eigenvalue weighted by molar-refractivity contribution is 5.85. The van der Waals surface area contributed by atoms with E-state index in [0.717, 1.165) is 16.8 Å². The average molecular weight is 277 g/mol. The molecule has 2 heterocycles. The Balaban J connectivity index is 2.05. The summed E-state index contributed by atoms with van der Waals surface area (Å²) in [6, 6.07) is 11.3. The summed E-state index contributed by atoms with van der Waals surface area (Å²) in [7, 11) is 1.61. The van der Waals surface area contributed by atoms with Crippen molar-refractivity contribution in [2.75, 3.05) is 7.11 Å². The molecule has 102 valence electrons. The molecule has 0 spiro atoms. The smallest absolute Gasteiger partial charge is 0.145 e. The number of methoxy groups -OCH3 is 1. The minimum absolute atomic E-state index is 0.383. The van der Waals surface area contributed by atoms with E-state index < -0.39 is 0 Å². The third-order valence-electron chi connectivity index (χ3n) is 3.01. The topological polar surface area (TPSA) is 76.6 Å². The van der Waals surface area contributed by atoms with E-state index >= 15 is 0 Å². The molecule has 3 aromatic rings. The Bertz CT molecular complexity index is 842. The van der Waals surface area contributed by atoms with Gasteiger partial charge in [0.2, 0.25) is 0 Å². The average Bonchev–Trinajstić information content (AvgIpc) is 2.97. The predicted molar refractivity (Wildman–Crippen MR) is 78.1 cm³/mol. The van der Waals surface area contributed by atoms with E-state index in [0.29, 0.717) is 11.2 Å². The Labute approximate surface area is 120 Å². The van der Waals surface area contributed by atoms with Crippen molar-refractivity contribution in [2.45, 2.75) is 0 Å². The van der Waals surface area contributed by atoms with Crippen LogP contribution in [0.4, 0.5) is 0 Å². The Morgan fingerprint density at radius 2 is 2.10 bits per heavy atom. The number of aromatic nitrogens is 4. The van der Waals surface area contributed by atoms with Gasteiger partial charge in [-0.15, -0.1) is 5.10 Å². The molecule has 0 aliphatic heterocycles. The largest absolute Gasteiger partial charge is 0.497 e. The van der Waals surface area contributed by atoms with E-state index in [9.17, 15) is 5.26 Å². The maximum absolute atomic E-state index is 9.37. The van der Waals surface area contributed by atoms with Crippen LogP contribution < -0.4 is 4.74 Å². The van der Waals surface area contributed by atoms with E-state index in [2.05, 4.69) is 21.4 Å². The minimum Gasteiger partial charge on any atom is -0.497 e. The van der Waals surface area contributed by atoms with Gasteiger partial charge in [0.05, 0.1) is 18.8 Å². The SMILES string of the molecule is COc1ccc(/C=C(\C#N)n2nnc3cnccc32)cc1. The first-order valence-corrected chi connectivity index (χ1v) is 6.23. The molecule has 0 radical (unpaired) electrons. The fraction of sp³-hybridized carbons (Fsp3) is 0.0667. The standard InChI is InChI=1S/C15H11N5O/c1-21-13-4-2-11(3-5-13)8-12(9-16)20-15-6-7-17-10-14(15)18-19-20/h2-8,10H,1H3/b12-8+. The lowest BCUT2D eigenvalue weighted by atomic mass is 10.2. The molecule has 3 rings (SSSR count). The maximum atomic E-state index is 9.37. The highest BCUT2D eigenvalue weighted by Gasteiger charge is 2.08. The van der Waals surface area contributed by atoms with Gasteiger partial charge in [0.1, 0.15) is 23.0 Å². The molecule has 1 aromatic carbocycles. The highest BCUT2D eigenvalue weighted by atomic mass is 16.5. The molecule has 0 atom stereocenters. The number of nitrogens with zero attached hydrogens (tertiary/aromatic N) is 5. The summed E-state index contributed by atoms with van der Waals surface area (Å²) in [6.07, 6.45) is 5.00. The quantitative estimate of drug-likeness (QED) is 0.687. The summed E-state index contributed by atoms with van der Waals surface area (Å²) >= 11 is 0. The van der Waals surface area contributed by atoms with Crippen LogP contribution in [0.2, 0.25) is 0 Å². The van der Waals surface area contributed by atoms with Crippen LogP contribution >= 0.6 is 0 Å². The van der Waals surface area contributed by atoms with Crippen molar-refractivity contribution in [1.82, 2.24) is 20.0 Å². The molecule has 2 aromatic heterocycles. The van der Waals surface area contributed by atoms with Crippen LogP contribution in [0.5, 0.6) is 5.75 Å². The number of ether oxygens (including phenoxy) is 1. The van der Waals surface area contributed by atoms with Gasteiger partial charge < -0.3 is 4.74 Å². The van der Waals surface area contributed by atoms with Crippen molar-refractivity contribution < 1.29 is 4.74 Å². The molecule has 0 saturated carbocycles. The van der Waals surface area contributed by atoms with Crippen molar-refractivity contribution in [1.29, 1.82) is 5.26 Å². The predicted octanol–water partition coefficient (Wildman–Crippen LogP) is 2.36. The lowest BCUT2D eigenvalue weighted by Crippen LogP contribution is -1.97. The lowest BCUT2D eigenvalue weighted by Gasteiger charge is -2.02. The second-order valence-electron chi connectivity index (χ2n) is 4.28. The van der Waals surface area contributed by atoms with Crippen molar-refractivity contribution >= 4 is 22.8 Å². The summed E-state index contributed by atoms with van der Waals surface area (Å²) in [5, 5.41) is 17.4. The zero-order chi connectivity index (χ0) is 14.7. The Kier molecular flexibility index (Phi) is 3.31. The first kappa shape index (κ1) is 12.8. The van der Waals surface area contributed by atoms with Crippen LogP contribution in [0.15, 0.2) is 42.7 Å². The number of benzene rings is 1. The first-order valence-electron chi connectivity index (χ1n) is 6.23. The Hall–Kier alpha value is -3.20. The van der Waals surface area contributed by atoms with Crippen LogP contribution in [0, 0.1) is 11.3 Å². The van der Waals surface area contributed by atoms with Crippen LogP contribution in [0.1, 0.15) is 5.56 Å². The van der Waals surface area contributed by atoms with Gasteiger partial charge in [-0.05, 0) is 29.8 Å². The van der Waals surface area contributed by atoms with Gasteiger partial charge in [-0.2, -0.15) is 5.26 Å². The molecular formula is C15H11N5O. The van der Waals surface area contributed by atoms with Crippen molar-refractivity contribution in [3.05, 3.63) is 48.3 Å². The molecular weight excluding hydrogens is 266 g/mol. The molecule has 0 amide bonds. The number of pyridine rings is 1. The third-order valence-corrected chi connectivity index (χ3v) is 3.01. The summed E-state index contributed by atoms with van der Waals surface area (Å²) in [4.78, 5) is 3.98. The molecule has 0 N–H and O–H groups in total. The molecule has 6 nitrogen and oxygen atoms in total. The van der Waals surface area contributed by atoms with Crippen molar-refractivity contribution in [3.8, 4) is 11.8 Å². The lowest BCUT2D eigenvalue weighted by molar-refractivity contribution is 0.415. The minimum atomic E-state index is 0.383. The van der Waals surface area contributed by atoms with Crippen LogP contribution in [-0.4, -0.2) is 27.1 Å². The van der Waals surface area contributed by atoms with Crippen molar-refractivity contribution in [3.63, 3.8) is 0 Å². The van der Waals surface area contributed by atoms with E-state index in [1.54, 1.807) is 31.6 Å². The van der Waals surface area contributed by atoms with E-state index in [1.165, 1.54) is 4.68 Å². The van der Waals surface area contributed by atoms with Gasteiger partial charge in [-0.3, -0.25) is 4.98 Å². The zero-order valence-corrected chi connectivity index (χ0v) is 11.3. The summed E-state index contributed by atoms with van der Waals surface area (Å²) in [5.41, 5.74) is 2.65. The number of hydrogen-bond donors (Lipinski definition) is 0. The zero-order valence-electron chi connectivity index (χ0n) is 11.3. The molecule has 0 aliphatic carbocycles. The number of fused-ring (bicyclic) bond motifs is 1. The number of nitriles is 1. The van der Waals surface area contributed by atoms with Gasteiger partial charge in [-0.1, -0.05) is 17.3 Å². The number of allylic oxidation sites excluding steroid dienone is 1.